The van der Waals surface area contributed by atoms with Gasteiger partial charge in [-0.25, -0.2) is 0 Å². The molecule has 0 aromatic heterocycles. The molecule has 0 radical (unpaired) electrons. The van der Waals surface area contributed by atoms with Gasteiger partial charge in [0.05, 0.1) is 18.6 Å². The highest BCUT2D eigenvalue weighted by atomic mass is 16.6. The van der Waals surface area contributed by atoms with Crippen LogP contribution in [0.3, 0.4) is 0 Å². The zero-order chi connectivity index (χ0) is 13.8. The molecule has 1 saturated carbocycles. The number of unbranched alkanes of at least 4 members (excludes halogenated alkanes) is 2. The summed E-state index contributed by atoms with van der Waals surface area (Å²) in [6.07, 6.45) is 7.58. The fraction of sp³-hybridized carbons (Fsp3) is 0.800. The molecule has 19 heavy (non-hydrogen) atoms. The van der Waals surface area contributed by atoms with E-state index in [1.54, 1.807) is 6.08 Å². The van der Waals surface area contributed by atoms with Gasteiger partial charge < -0.3 is 14.9 Å². The molecule has 0 amide bonds. The van der Waals surface area contributed by atoms with Gasteiger partial charge in [-0.2, -0.15) is 0 Å². The molecule has 0 spiro atoms. The van der Waals surface area contributed by atoms with Crippen molar-refractivity contribution in [3.8, 4) is 0 Å². The lowest BCUT2D eigenvalue weighted by atomic mass is 9.91. The fourth-order valence-corrected chi connectivity index (χ4v) is 3.14. The first-order valence-corrected chi connectivity index (χ1v) is 7.35. The van der Waals surface area contributed by atoms with E-state index in [9.17, 15) is 15.0 Å². The number of ether oxygens (including phenoxy) is 1. The molecule has 4 heteroatoms. The van der Waals surface area contributed by atoms with Crippen LogP contribution in [0.5, 0.6) is 0 Å². The Balaban J connectivity index is 1.85. The first-order valence-electron chi connectivity index (χ1n) is 7.35. The minimum Gasteiger partial charge on any atom is -0.462 e. The topological polar surface area (TPSA) is 66.8 Å². The zero-order valence-electron chi connectivity index (χ0n) is 11.5. The van der Waals surface area contributed by atoms with E-state index in [1.165, 1.54) is 0 Å². The van der Waals surface area contributed by atoms with Crippen molar-refractivity contribution in [1.29, 1.82) is 0 Å². The van der Waals surface area contributed by atoms with E-state index in [0.29, 0.717) is 12.8 Å². The molecule has 0 aromatic carbocycles. The summed E-state index contributed by atoms with van der Waals surface area (Å²) < 4.78 is 5.18. The predicted octanol–water partition coefficient (Wildman–Crippen LogP) is 1.80. The van der Waals surface area contributed by atoms with Gasteiger partial charge in [0.1, 0.15) is 6.10 Å². The molecule has 0 aromatic rings. The molecule has 0 bridgehead atoms. The SMILES string of the molecule is CCCCC[C@H](O)/C=C/[C@H]1[C@@H]2CC(=O)O[C@H]2C[C@H]1O. The predicted molar refractivity (Wildman–Crippen MR) is 71.4 cm³/mol. The van der Waals surface area contributed by atoms with Gasteiger partial charge in [0.25, 0.3) is 0 Å². The first kappa shape index (κ1) is 14.5. The largest absolute Gasteiger partial charge is 0.462 e. The molecule has 108 valence electrons. The average Bonchev–Trinajstić information content (AvgIpc) is 2.82. The summed E-state index contributed by atoms with van der Waals surface area (Å²) in [4.78, 5) is 11.2. The lowest BCUT2D eigenvalue weighted by Crippen LogP contribution is -2.18. The van der Waals surface area contributed by atoms with Crippen molar-refractivity contribution in [2.75, 3.05) is 0 Å². The number of carbonyl (C=O) groups is 1. The molecule has 1 aliphatic heterocycles. The maximum atomic E-state index is 11.2. The van der Waals surface area contributed by atoms with Crippen molar-refractivity contribution in [3.05, 3.63) is 12.2 Å². The summed E-state index contributed by atoms with van der Waals surface area (Å²) in [6, 6.07) is 0. The number of hydrogen-bond acceptors (Lipinski definition) is 4. The molecular weight excluding hydrogens is 244 g/mol. The third-order valence-electron chi connectivity index (χ3n) is 4.23. The van der Waals surface area contributed by atoms with Crippen molar-refractivity contribution in [1.82, 2.24) is 0 Å². The highest BCUT2D eigenvalue weighted by Gasteiger charge is 2.48. The molecule has 5 atom stereocenters. The lowest BCUT2D eigenvalue weighted by Gasteiger charge is -2.15. The van der Waals surface area contributed by atoms with E-state index < -0.39 is 12.2 Å². The molecule has 1 heterocycles. The Labute approximate surface area is 114 Å². The number of aliphatic hydroxyl groups excluding tert-OH is 2. The molecule has 2 aliphatic rings. The molecule has 1 saturated heterocycles. The second-order valence-corrected chi connectivity index (χ2v) is 5.72. The Hall–Kier alpha value is -0.870. The van der Waals surface area contributed by atoms with Crippen LogP contribution in [0.1, 0.15) is 45.4 Å². The van der Waals surface area contributed by atoms with Crippen LogP contribution in [0.15, 0.2) is 12.2 Å². The normalized spacial score (nSPS) is 35.6. The van der Waals surface area contributed by atoms with Gasteiger partial charge in [-0.3, -0.25) is 4.79 Å². The van der Waals surface area contributed by atoms with Crippen molar-refractivity contribution in [2.45, 2.75) is 63.8 Å². The highest BCUT2D eigenvalue weighted by Crippen LogP contribution is 2.42. The quantitative estimate of drug-likeness (QED) is 0.438. The Bertz CT molecular complexity index is 339. The van der Waals surface area contributed by atoms with E-state index >= 15 is 0 Å². The molecule has 2 fully saturated rings. The highest BCUT2D eigenvalue weighted by molar-refractivity contribution is 5.72. The fourth-order valence-electron chi connectivity index (χ4n) is 3.14. The van der Waals surface area contributed by atoms with Crippen LogP contribution >= 0.6 is 0 Å². The van der Waals surface area contributed by atoms with Crippen molar-refractivity contribution >= 4 is 5.97 Å². The number of rotatable bonds is 6. The molecule has 4 nitrogen and oxygen atoms in total. The van der Waals surface area contributed by atoms with Gasteiger partial charge in [-0.05, 0) is 6.42 Å². The van der Waals surface area contributed by atoms with Crippen LogP contribution in [0.4, 0.5) is 0 Å². The van der Waals surface area contributed by atoms with Gasteiger partial charge >= 0.3 is 5.97 Å². The Kier molecular flexibility index (Phi) is 4.99. The average molecular weight is 268 g/mol. The Morgan fingerprint density at radius 3 is 3.00 bits per heavy atom. The van der Waals surface area contributed by atoms with Crippen LogP contribution in [0.25, 0.3) is 0 Å². The van der Waals surface area contributed by atoms with Crippen LogP contribution in [0.2, 0.25) is 0 Å². The summed E-state index contributed by atoms with van der Waals surface area (Å²) >= 11 is 0. The molecule has 0 unspecified atom stereocenters. The number of aliphatic hydroxyl groups is 2. The zero-order valence-corrected chi connectivity index (χ0v) is 11.5. The summed E-state index contributed by atoms with van der Waals surface area (Å²) in [5, 5.41) is 19.8. The third kappa shape index (κ3) is 3.57. The lowest BCUT2D eigenvalue weighted by molar-refractivity contribution is -0.141. The van der Waals surface area contributed by atoms with E-state index in [1.807, 2.05) is 6.08 Å². The van der Waals surface area contributed by atoms with Gasteiger partial charge in [-0.1, -0.05) is 38.3 Å². The Morgan fingerprint density at radius 1 is 1.47 bits per heavy atom. The summed E-state index contributed by atoms with van der Waals surface area (Å²) in [6.45, 7) is 2.13. The first-order chi connectivity index (χ1) is 9.11. The van der Waals surface area contributed by atoms with Crippen LogP contribution in [-0.4, -0.2) is 34.5 Å². The van der Waals surface area contributed by atoms with Crippen LogP contribution in [0, 0.1) is 11.8 Å². The molecular formula is C15H24O4. The van der Waals surface area contributed by atoms with Crippen LogP contribution < -0.4 is 0 Å². The summed E-state index contributed by atoms with van der Waals surface area (Å²) in [5.74, 6) is -0.136. The smallest absolute Gasteiger partial charge is 0.306 e. The maximum Gasteiger partial charge on any atom is 0.306 e. The van der Waals surface area contributed by atoms with Gasteiger partial charge in [0.2, 0.25) is 0 Å². The number of carbonyl (C=O) groups excluding carboxylic acids is 1. The summed E-state index contributed by atoms with van der Waals surface area (Å²) in [5.41, 5.74) is 0. The number of hydrogen-bond donors (Lipinski definition) is 2. The third-order valence-corrected chi connectivity index (χ3v) is 4.23. The van der Waals surface area contributed by atoms with E-state index in [0.717, 1.165) is 25.7 Å². The minimum atomic E-state index is -0.456. The van der Waals surface area contributed by atoms with Crippen molar-refractivity contribution < 1.29 is 19.7 Å². The standard InChI is InChI=1S/C15H24O4/c1-2-3-4-5-10(16)6-7-11-12-8-15(18)19-14(12)9-13(11)17/h6-7,10-14,16-17H,2-5,8-9H2,1H3/b7-6+/t10-,11-,12-,13+,14-/m0/s1. The monoisotopic (exact) mass is 268 g/mol. The van der Waals surface area contributed by atoms with Crippen molar-refractivity contribution in [2.24, 2.45) is 11.8 Å². The number of fused-ring (bicyclic) bond motifs is 1. The maximum absolute atomic E-state index is 11.2. The summed E-state index contributed by atoms with van der Waals surface area (Å²) in [7, 11) is 0. The van der Waals surface area contributed by atoms with E-state index in [4.69, 9.17) is 4.74 Å². The minimum absolute atomic E-state index is 0.0581. The number of esters is 1. The van der Waals surface area contributed by atoms with Crippen LogP contribution in [-0.2, 0) is 9.53 Å². The second-order valence-electron chi connectivity index (χ2n) is 5.72. The van der Waals surface area contributed by atoms with Crippen molar-refractivity contribution in [3.63, 3.8) is 0 Å². The Morgan fingerprint density at radius 2 is 2.26 bits per heavy atom. The molecule has 2 rings (SSSR count). The van der Waals surface area contributed by atoms with Gasteiger partial charge in [0.15, 0.2) is 0 Å². The molecule has 2 N–H and O–H groups in total. The molecule has 1 aliphatic carbocycles. The van der Waals surface area contributed by atoms with Gasteiger partial charge in [0, 0.05) is 18.3 Å². The van der Waals surface area contributed by atoms with E-state index in [2.05, 4.69) is 6.92 Å². The van der Waals surface area contributed by atoms with Gasteiger partial charge in [-0.15, -0.1) is 0 Å². The van der Waals surface area contributed by atoms with E-state index in [-0.39, 0.29) is 23.9 Å². The second kappa shape index (κ2) is 6.53.